The summed E-state index contributed by atoms with van der Waals surface area (Å²) in [4.78, 5) is 23.7. The van der Waals surface area contributed by atoms with E-state index in [-0.39, 0.29) is 5.91 Å². The first kappa shape index (κ1) is 15.1. The lowest BCUT2D eigenvalue weighted by molar-refractivity contribution is 0.0600. The molecule has 2 aromatic rings. The number of aryl methyl sites for hydroxylation is 1. The van der Waals surface area contributed by atoms with E-state index in [2.05, 4.69) is 10.1 Å². The average Bonchev–Trinajstić information content (AvgIpc) is 2.48. The number of hydrogen-bond donors (Lipinski definition) is 1. The molecule has 1 N–H and O–H groups in total. The summed E-state index contributed by atoms with van der Waals surface area (Å²) >= 11 is 6.04. The van der Waals surface area contributed by atoms with Crippen molar-refractivity contribution in [3.05, 3.63) is 64.2 Å². The Morgan fingerprint density at radius 1 is 1.10 bits per heavy atom. The number of rotatable bonds is 3. The van der Waals surface area contributed by atoms with Gasteiger partial charge in [0.15, 0.2) is 0 Å². The van der Waals surface area contributed by atoms with Crippen LogP contribution in [0, 0.1) is 6.92 Å². The minimum Gasteiger partial charge on any atom is -0.465 e. The number of halogens is 1. The molecule has 0 aromatic heterocycles. The molecular weight excluding hydrogens is 290 g/mol. The number of anilines is 1. The second kappa shape index (κ2) is 6.41. The summed E-state index contributed by atoms with van der Waals surface area (Å²) in [6, 6.07) is 11.8. The summed E-state index contributed by atoms with van der Waals surface area (Å²) in [5, 5.41) is 3.05. The molecule has 0 aliphatic rings. The molecule has 0 unspecified atom stereocenters. The van der Waals surface area contributed by atoms with E-state index in [1.165, 1.54) is 19.2 Å². The van der Waals surface area contributed by atoms with Crippen molar-refractivity contribution in [1.29, 1.82) is 0 Å². The van der Waals surface area contributed by atoms with Crippen LogP contribution in [0.4, 0.5) is 5.69 Å². The van der Waals surface area contributed by atoms with E-state index in [0.29, 0.717) is 21.8 Å². The number of nitrogens with one attached hydrogen (secondary N) is 1. The Hall–Kier alpha value is -2.33. The summed E-state index contributed by atoms with van der Waals surface area (Å²) in [5.41, 5.74) is 2.19. The van der Waals surface area contributed by atoms with Crippen molar-refractivity contribution in [2.24, 2.45) is 0 Å². The van der Waals surface area contributed by atoms with Crippen molar-refractivity contribution in [2.75, 3.05) is 12.4 Å². The van der Waals surface area contributed by atoms with Crippen LogP contribution in [0.25, 0.3) is 0 Å². The zero-order valence-corrected chi connectivity index (χ0v) is 12.4. The molecule has 0 heterocycles. The van der Waals surface area contributed by atoms with Gasteiger partial charge in [0.25, 0.3) is 5.91 Å². The molecule has 5 heteroatoms. The predicted octanol–water partition coefficient (Wildman–Crippen LogP) is 3.69. The molecule has 2 aromatic carbocycles. The maximum absolute atomic E-state index is 12.2. The number of hydrogen-bond acceptors (Lipinski definition) is 3. The van der Waals surface area contributed by atoms with E-state index in [1.54, 1.807) is 24.3 Å². The Morgan fingerprint density at radius 2 is 1.86 bits per heavy atom. The molecule has 0 saturated carbocycles. The molecule has 21 heavy (non-hydrogen) atoms. The van der Waals surface area contributed by atoms with E-state index in [4.69, 9.17) is 11.6 Å². The molecule has 0 spiro atoms. The van der Waals surface area contributed by atoms with Gasteiger partial charge < -0.3 is 10.1 Å². The molecule has 0 bridgehead atoms. The van der Waals surface area contributed by atoms with Gasteiger partial charge in [-0.25, -0.2) is 4.79 Å². The van der Waals surface area contributed by atoms with Crippen molar-refractivity contribution in [2.45, 2.75) is 6.92 Å². The van der Waals surface area contributed by atoms with Crippen LogP contribution in [0.3, 0.4) is 0 Å². The second-order valence-electron chi connectivity index (χ2n) is 4.51. The third-order valence-corrected chi connectivity index (χ3v) is 3.25. The zero-order valence-electron chi connectivity index (χ0n) is 11.6. The third kappa shape index (κ3) is 3.61. The van der Waals surface area contributed by atoms with Crippen molar-refractivity contribution in [1.82, 2.24) is 0 Å². The fourth-order valence-electron chi connectivity index (χ4n) is 1.85. The Morgan fingerprint density at radius 3 is 2.52 bits per heavy atom. The molecule has 0 aliphatic carbocycles. The van der Waals surface area contributed by atoms with Crippen molar-refractivity contribution >= 4 is 29.2 Å². The molecule has 2 rings (SSSR count). The first-order valence-corrected chi connectivity index (χ1v) is 6.65. The van der Waals surface area contributed by atoms with Crippen molar-refractivity contribution in [3.8, 4) is 0 Å². The SMILES string of the molecule is COC(=O)c1ccc(Cl)c(NC(=O)c2cccc(C)c2)c1. The standard InChI is InChI=1S/C16H14ClNO3/c1-10-4-3-5-11(8-10)15(19)18-14-9-12(16(20)21-2)6-7-13(14)17/h3-9H,1-2H3,(H,18,19). The highest BCUT2D eigenvalue weighted by Gasteiger charge is 2.12. The molecule has 0 atom stereocenters. The fourth-order valence-corrected chi connectivity index (χ4v) is 2.01. The molecule has 108 valence electrons. The van der Waals surface area contributed by atoms with Crippen molar-refractivity contribution in [3.63, 3.8) is 0 Å². The summed E-state index contributed by atoms with van der Waals surface area (Å²) in [5.74, 6) is -0.777. The maximum atomic E-state index is 12.2. The first-order valence-electron chi connectivity index (χ1n) is 6.27. The molecule has 1 amide bonds. The highest BCUT2D eigenvalue weighted by Crippen LogP contribution is 2.24. The van der Waals surface area contributed by atoms with Gasteiger partial charge in [-0.2, -0.15) is 0 Å². The van der Waals surface area contributed by atoms with Crippen LogP contribution in [-0.2, 0) is 4.74 Å². The van der Waals surface area contributed by atoms with Gasteiger partial charge in [0, 0.05) is 5.56 Å². The second-order valence-corrected chi connectivity index (χ2v) is 4.92. The van der Waals surface area contributed by atoms with Crippen molar-refractivity contribution < 1.29 is 14.3 Å². The molecule has 4 nitrogen and oxygen atoms in total. The Labute approximate surface area is 127 Å². The Balaban J connectivity index is 2.26. The molecule has 0 radical (unpaired) electrons. The van der Waals surface area contributed by atoms with Gasteiger partial charge in [-0.05, 0) is 37.3 Å². The van der Waals surface area contributed by atoms with Crippen LogP contribution in [0.2, 0.25) is 5.02 Å². The van der Waals surface area contributed by atoms with Gasteiger partial charge in [-0.3, -0.25) is 4.79 Å². The molecular formula is C16H14ClNO3. The topological polar surface area (TPSA) is 55.4 Å². The number of carbonyl (C=O) groups excluding carboxylic acids is 2. The molecule has 0 aliphatic heterocycles. The first-order chi connectivity index (χ1) is 10.0. The third-order valence-electron chi connectivity index (χ3n) is 2.92. The largest absolute Gasteiger partial charge is 0.465 e. The van der Waals surface area contributed by atoms with Crippen LogP contribution >= 0.6 is 11.6 Å². The van der Waals surface area contributed by atoms with E-state index in [0.717, 1.165) is 5.56 Å². The quantitative estimate of drug-likeness (QED) is 0.880. The van der Waals surface area contributed by atoms with Crippen LogP contribution in [0.15, 0.2) is 42.5 Å². The summed E-state index contributed by atoms with van der Waals surface area (Å²) in [6.45, 7) is 1.90. The zero-order chi connectivity index (χ0) is 15.4. The molecule has 0 saturated heterocycles. The smallest absolute Gasteiger partial charge is 0.337 e. The van der Waals surface area contributed by atoms with E-state index in [9.17, 15) is 9.59 Å². The fraction of sp³-hybridized carbons (Fsp3) is 0.125. The summed E-state index contributed by atoms with van der Waals surface area (Å²) in [7, 11) is 1.29. The van der Waals surface area contributed by atoms with E-state index >= 15 is 0 Å². The highest BCUT2D eigenvalue weighted by molar-refractivity contribution is 6.34. The maximum Gasteiger partial charge on any atom is 0.337 e. The van der Waals surface area contributed by atoms with E-state index < -0.39 is 5.97 Å². The highest BCUT2D eigenvalue weighted by atomic mass is 35.5. The number of ether oxygens (including phenoxy) is 1. The normalized spacial score (nSPS) is 10.0. The summed E-state index contributed by atoms with van der Waals surface area (Å²) in [6.07, 6.45) is 0. The van der Waals surface area contributed by atoms with Crippen LogP contribution < -0.4 is 5.32 Å². The van der Waals surface area contributed by atoms with Gasteiger partial charge in [0.05, 0.1) is 23.4 Å². The lowest BCUT2D eigenvalue weighted by Crippen LogP contribution is -2.13. The van der Waals surface area contributed by atoms with E-state index in [1.807, 2.05) is 13.0 Å². The molecule has 0 fully saturated rings. The van der Waals surface area contributed by atoms with Crippen LogP contribution in [0.5, 0.6) is 0 Å². The van der Waals surface area contributed by atoms with Gasteiger partial charge in [0.2, 0.25) is 0 Å². The average molecular weight is 304 g/mol. The van der Waals surface area contributed by atoms with Gasteiger partial charge in [-0.15, -0.1) is 0 Å². The number of carbonyl (C=O) groups is 2. The van der Waals surface area contributed by atoms with Crippen LogP contribution in [0.1, 0.15) is 26.3 Å². The minimum absolute atomic E-state index is 0.289. The Kier molecular flexibility index (Phi) is 4.60. The summed E-state index contributed by atoms with van der Waals surface area (Å²) < 4.78 is 4.64. The number of methoxy groups -OCH3 is 1. The van der Waals surface area contributed by atoms with Gasteiger partial charge >= 0.3 is 5.97 Å². The van der Waals surface area contributed by atoms with Gasteiger partial charge in [-0.1, -0.05) is 29.3 Å². The number of benzene rings is 2. The lowest BCUT2D eigenvalue weighted by atomic mass is 10.1. The predicted molar refractivity (Wildman–Crippen MR) is 81.9 cm³/mol. The number of amides is 1. The number of esters is 1. The minimum atomic E-state index is -0.488. The monoisotopic (exact) mass is 303 g/mol. The Bertz CT molecular complexity index is 698. The van der Waals surface area contributed by atoms with Gasteiger partial charge in [0.1, 0.15) is 0 Å². The lowest BCUT2D eigenvalue weighted by Gasteiger charge is -2.09. The van der Waals surface area contributed by atoms with Crippen LogP contribution in [-0.4, -0.2) is 19.0 Å².